The molecule has 1 fully saturated rings. The molecule has 9 heteroatoms. The number of nitrogens with one attached hydrogen (secondary N) is 3. The molecule has 124 valence electrons. The van der Waals surface area contributed by atoms with Crippen LogP contribution in [-0.2, 0) is 17.8 Å². The molecule has 0 radical (unpaired) electrons. The predicted molar refractivity (Wildman–Crippen MR) is 81.5 cm³/mol. The van der Waals surface area contributed by atoms with Crippen LogP contribution >= 0.6 is 0 Å². The van der Waals surface area contributed by atoms with Crippen molar-refractivity contribution in [1.82, 2.24) is 35.3 Å². The van der Waals surface area contributed by atoms with E-state index in [9.17, 15) is 9.59 Å². The van der Waals surface area contributed by atoms with Gasteiger partial charge in [-0.1, -0.05) is 19.3 Å². The van der Waals surface area contributed by atoms with Gasteiger partial charge in [0.2, 0.25) is 5.91 Å². The van der Waals surface area contributed by atoms with Crippen LogP contribution < -0.4 is 11.0 Å². The predicted octanol–water partition coefficient (Wildman–Crippen LogP) is 0.444. The van der Waals surface area contributed by atoms with E-state index in [2.05, 4.69) is 35.3 Å². The molecule has 0 saturated heterocycles. The summed E-state index contributed by atoms with van der Waals surface area (Å²) in [5, 5.41) is 17.0. The quantitative estimate of drug-likeness (QED) is 0.713. The lowest BCUT2D eigenvalue weighted by atomic mass is 9.95. The minimum atomic E-state index is -0.360. The van der Waals surface area contributed by atoms with Gasteiger partial charge in [-0.05, 0) is 12.8 Å². The first-order valence-corrected chi connectivity index (χ1v) is 8.01. The Hall–Kier alpha value is -2.45. The van der Waals surface area contributed by atoms with Crippen LogP contribution in [0.25, 0.3) is 0 Å². The van der Waals surface area contributed by atoms with Crippen molar-refractivity contribution in [2.24, 2.45) is 0 Å². The van der Waals surface area contributed by atoms with Gasteiger partial charge in [0.15, 0.2) is 5.82 Å². The molecule has 0 spiro atoms. The van der Waals surface area contributed by atoms with E-state index in [0.717, 1.165) is 18.7 Å². The molecule has 2 aromatic rings. The van der Waals surface area contributed by atoms with Gasteiger partial charge < -0.3 is 9.88 Å². The summed E-state index contributed by atoms with van der Waals surface area (Å²) in [6.45, 7) is 0.367. The molecule has 23 heavy (non-hydrogen) atoms. The molecule has 9 nitrogen and oxygen atoms in total. The number of aromatic amines is 2. The van der Waals surface area contributed by atoms with Crippen LogP contribution in [0.15, 0.2) is 11.1 Å². The Balaban J connectivity index is 1.49. The van der Waals surface area contributed by atoms with Crippen LogP contribution in [0.4, 0.5) is 0 Å². The standard InChI is InChI=1S/C14H21N7O2/c22-13(7-6-11-17-14(23)20-18-11)15-8-12-19-16-9-21(12)10-4-2-1-3-5-10/h9-10H,1-8H2,(H,15,22)(H2,17,18,20,23). The number of carbonyl (C=O) groups excluding carboxylic acids is 1. The molecular formula is C14H21N7O2. The average Bonchev–Trinajstić information content (AvgIpc) is 3.20. The van der Waals surface area contributed by atoms with Crippen LogP contribution in [0, 0.1) is 0 Å². The van der Waals surface area contributed by atoms with Crippen LogP contribution in [-0.4, -0.2) is 35.9 Å². The highest BCUT2D eigenvalue weighted by molar-refractivity contribution is 5.75. The van der Waals surface area contributed by atoms with Crippen molar-refractivity contribution in [1.29, 1.82) is 0 Å². The SMILES string of the molecule is O=C(CCc1n[nH]c(=O)[nH]1)NCc1nncn1C1CCCCC1. The number of carbonyl (C=O) groups is 1. The molecule has 0 unspecified atom stereocenters. The molecule has 3 N–H and O–H groups in total. The fourth-order valence-electron chi connectivity index (χ4n) is 2.98. The van der Waals surface area contributed by atoms with Crippen LogP contribution in [0.5, 0.6) is 0 Å². The van der Waals surface area contributed by atoms with Gasteiger partial charge in [-0.15, -0.1) is 10.2 Å². The van der Waals surface area contributed by atoms with E-state index in [1.165, 1.54) is 19.3 Å². The molecule has 2 heterocycles. The number of nitrogens with zero attached hydrogens (tertiary/aromatic N) is 4. The number of hydrogen-bond acceptors (Lipinski definition) is 5. The van der Waals surface area contributed by atoms with Gasteiger partial charge in [0.05, 0.1) is 6.54 Å². The second-order valence-corrected chi connectivity index (χ2v) is 5.85. The summed E-state index contributed by atoms with van der Waals surface area (Å²) in [6.07, 6.45) is 8.45. The summed E-state index contributed by atoms with van der Waals surface area (Å²) in [5.74, 6) is 1.17. The number of aromatic nitrogens is 6. The fraction of sp³-hybridized carbons (Fsp3) is 0.643. The summed E-state index contributed by atoms with van der Waals surface area (Å²) < 4.78 is 2.09. The number of hydrogen-bond donors (Lipinski definition) is 3. The van der Waals surface area contributed by atoms with Crippen LogP contribution in [0.2, 0.25) is 0 Å². The van der Waals surface area contributed by atoms with Gasteiger partial charge in [-0.2, -0.15) is 5.10 Å². The fourth-order valence-corrected chi connectivity index (χ4v) is 2.98. The Morgan fingerprint density at radius 3 is 2.91 bits per heavy atom. The largest absolute Gasteiger partial charge is 0.349 e. The van der Waals surface area contributed by atoms with E-state index in [-0.39, 0.29) is 18.0 Å². The zero-order valence-electron chi connectivity index (χ0n) is 12.9. The third-order valence-electron chi connectivity index (χ3n) is 4.20. The molecular weight excluding hydrogens is 298 g/mol. The maximum absolute atomic E-state index is 11.9. The molecule has 0 aliphatic heterocycles. The minimum absolute atomic E-state index is 0.105. The Bertz CT molecular complexity index is 696. The highest BCUT2D eigenvalue weighted by Gasteiger charge is 2.18. The van der Waals surface area contributed by atoms with Gasteiger partial charge in [0.25, 0.3) is 0 Å². The lowest BCUT2D eigenvalue weighted by Crippen LogP contribution is -2.26. The van der Waals surface area contributed by atoms with E-state index >= 15 is 0 Å². The number of H-pyrrole nitrogens is 2. The Labute approximate surface area is 132 Å². The molecule has 3 rings (SSSR count). The van der Waals surface area contributed by atoms with Crippen LogP contribution in [0.1, 0.15) is 56.2 Å². The summed E-state index contributed by atoms with van der Waals surface area (Å²) >= 11 is 0. The van der Waals surface area contributed by atoms with Crippen LogP contribution in [0.3, 0.4) is 0 Å². The van der Waals surface area contributed by atoms with Crippen molar-refractivity contribution in [3.05, 3.63) is 28.5 Å². The molecule has 0 bridgehead atoms. The maximum atomic E-state index is 11.9. The van der Waals surface area contributed by atoms with Crippen molar-refractivity contribution in [2.45, 2.75) is 57.5 Å². The first-order chi connectivity index (χ1) is 11.2. The average molecular weight is 319 g/mol. The third-order valence-corrected chi connectivity index (χ3v) is 4.20. The molecule has 0 aromatic carbocycles. The van der Waals surface area contributed by atoms with E-state index in [4.69, 9.17) is 0 Å². The third kappa shape index (κ3) is 4.05. The second kappa shape index (κ2) is 7.21. The summed E-state index contributed by atoms with van der Waals surface area (Å²) in [4.78, 5) is 25.3. The maximum Gasteiger partial charge on any atom is 0.340 e. The first kappa shape index (κ1) is 15.4. The van der Waals surface area contributed by atoms with Gasteiger partial charge in [-0.25, -0.2) is 9.89 Å². The van der Waals surface area contributed by atoms with E-state index in [1.54, 1.807) is 6.33 Å². The zero-order valence-corrected chi connectivity index (χ0v) is 12.9. The van der Waals surface area contributed by atoms with Crippen molar-refractivity contribution in [3.8, 4) is 0 Å². The van der Waals surface area contributed by atoms with Crippen molar-refractivity contribution in [2.75, 3.05) is 0 Å². The normalized spacial score (nSPS) is 15.7. The number of rotatable bonds is 6. The Kier molecular flexibility index (Phi) is 4.84. The number of aryl methyl sites for hydroxylation is 1. The summed E-state index contributed by atoms with van der Waals surface area (Å²) in [6, 6.07) is 0.444. The number of amides is 1. The summed E-state index contributed by atoms with van der Waals surface area (Å²) in [5.41, 5.74) is -0.360. The van der Waals surface area contributed by atoms with Crippen molar-refractivity contribution < 1.29 is 4.79 Å². The Morgan fingerprint density at radius 2 is 2.17 bits per heavy atom. The Morgan fingerprint density at radius 1 is 1.35 bits per heavy atom. The van der Waals surface area contributed by atoms with Gasteiger partial charge in [0, 0.05) is 18.9 Å². The van der Waals surface area contributed by atoms with Gasteiger partial charge in [-0.3, -0.25) is 9.78 Å². The lowest BCUT2D eigenvalue weighted by molar-refractivity contribution is -0.121. The van der Waals surface area contributed by atoms with E-state index in [0.29, 0.717) is 24.8 Å². The zero-order chi connectivity index (χ0) is 16.1. The van der Waals surface area contributed by atoms with Gasteiger partial charge >= 0.3 is 5.69 Å². The van der Waals surface area contributed by atoms with Gasteiger partial charge in [0.1, 0.15) is 12.2 Å². The van der Waals surface area contributed by atoms with E-state index < -0.39 is 0 Å². The molecule has 1 aliphatic rings. The highest BCUT2D eigenvalue weighted by atomic mass is 16.2. The molecule has 1 amide bonds. The first-order valence-electron chi connectivity index (χ1n) is 8.01. The summed E-state index contributed by atoms with van der Waals surface area (Å²) in [7, 11) is 0. The topological polar surface area (TPSA) is 121 Å². The molecule has 1 aliphatic carbocycles. The van der Waals surface area contributed by atoms with E-state index in [1.807, 2.05) is 0 Å². The minimum Gasteiger partial charge on any atom is -0.349 e. The lowest BCUT2D eigenvalue weighted by Gasteiger charge is -2.24. The smallest absolute Gasteiger partial charge is 0.340 e. The second-order valence-electron chi connectivity index (χ2n) is 5.85. The van der Waals surface area contributed by atoms with Crippen molar-refractivity contribution >= 4 is 5.91 Å². The van der Waals surface area contributed by atoms with Crippen molar-refractivity contribution in [3.63, 3.8) is 0 Å². The molecule has 1 saturated carbocycles. The monoisotopic (exact) mass is 319 g/mol. The molecule has 2 aromatic heterocycles. The highest BCUT2D eigenvalue weighted by Crippen LogP contribution is 2.28. The molecule has 0 atom stereocenters.